The van der Waals surface area contributed by atoms with Crippen LogP contribution in [-0.2, 0) is 20.9 Å². The smallest absolute Gasteiger partial charge is 0.317 e. The highest BCUT2D eigenvalue weighted by Crippen LogP contribution is 2.27. The number of rotatable bonds is 8. The summed E-state index contributed by atoms with van der Waals surface area (Å²) in [7, 11) is 0. The van der Waals surface area contributed by atoms with Crippen LogP contribution in [0.4, 0.5) is 0 Å². The quantitative estimate of drug-likeness (QED) is 0.758. The number of hydrogen-bond donors (Lipinski definition) is 2. The molecule has 1 aliphatic rings. The first kappa shape index (κ1) is 16.5. The van der Waals surface area contributed by atoms with Crippen molar-refractivity contribution in [3.8, 4) is 0 Å². The molecule has 0 spiro atoms. The summed E-state index contributed by atoms with van der Waals surface area (Å²) in [6.07, 6.45) is 2.38. The van der Waals surface area contributed by atoms with Crippen LogP contribution in [0.1, 0.15) is 24.8 Å². The van der Waals surface area contributed by atoms with E-state index in [1.807, 2.05) is 30.3 Å². The van der Waals surface area contributed by atoms with Crippen LogP contribution in [-0.4, -0.2) is 52.3 Å². The van der Waals surface area contributed by atoms with Crippen molar-refractivity contribution in [2.24, 2.45) is 0 Å². The molecule has 0 unspecified atom stereocenters. The van der Waals surface area contributed by atoms with Crippen LogP contribution >= 0.6 is 0 Å². The molecule has 1 aromatic rings. The third-order valence-electron chi connectivity index (χ3n) is 3.87. The molecule has 0 aliphatic heterocycles. The minimum absolute atomic E-state index is 0.126. The largest absolute Gasteiger partial charge is 0.480 e. The summed E-state index contributed by atoms with van der Waals surface area (Å²) in [5.41, 5.74) is 1.05. The Morgan fingerprint density at radius 2 is 1.73 bits per heavy atom. The van der Waals surface area contributed by atoms with E-state index in [0.29, 0.717) is 6.61 Å². The minimum Gasteiger partial charge on any atom is -0.480 e. The van der Waals surface area contributed by atoms with Crippen LogP contribution < -0.4 is 0 Å². The van der Waals surface area contributed by atoms with Gasteiger partial charge in [0.15, 0.2) is 0 Å². The van der Waals surface area contributed by atoms with Gasteiger partial charge in [0.2, 0.25) is 0 Å². The zero-order valence-electron chi connectivity index (χ0n) is 12.4. The fraction of sp³-hybridized carbons (Fsp3) is 0.500. The second-order valence-corrected chi connectivity index (χ2v) is 5.53. The standard InChI is InChI=1S/C16H21NO5/c18-15(19)9-17(10-16(20)21)13-7-4-8-14(13)22-11-12-5-2-1-3-6-12/h1-3,5-6,13-14H,4,7-11H2,(H,18,19)(H,20,21)/t13-,14-/m0/s1. The van der Waals surface area contributed by atoms with Gasteiger partial charge in [-0.2, -0.15) is 0 Å². The number of carboxylic acids is 2. The Morgan fingerprint density at radius 1 is 1.09 bits per heavy atom. The number of hydrogen-bond acceptors (Lipinski definition) is 4. The number of aliphatic carboxylic acids is 2. The van der Waals surface area contributed by atoms with E-state index in [2.05, 4.69) is 0 Å². The van der Waals surface area contributed by atoms with E-state index in [4.69, 9.17) is 14.9 Å². The first-order valence-electron chi connectivity index (χ1n) is 7.39. The molecule has 0 saturated heterocycles. The van der Waals surface area contributed by atoms with Crippen molar-refractivity contribution < 1.29 is 24.5 Å². The van der Waals surface area contributed by atoms with Crippen molar-refractivity contribution in [1.29, 1.82) is 0 Å². The Kier molecular flexibility index (Phi) is 5.91. The Bertz CT molecular complexity index is 489. The lowest BCUT2D eigenvalue weighted by atomic mass is 10.1. The first-order chi connectivity index (χ1) is 10.6. The number of benzene rings is 1. The average Bonchev–Trinajstić information content (AvgIpc) is 2.93. The Morgan fingerprint density at radius 3 is 2.32 bits per heavy atom. The molecule has 22 heavy (non-hydrogen) atoms. The van der Waals surface area contributed by atoms with Gasteiger partial charge in [0, 0.05) is 6.04 Å². The van der Waals surface area contributed by atoms with Gasteiger partial charge in [0.25, 0.3) is 0 Å². The van der Waals surface area contributed by atoms with E-state index in [0.717, 1.165) is 24.8 Å². The monoisotopic (exact) mass is 307 g/mol. The Balaban J connectivity index is 1.97. The molecule has 6 nitrogen and oxygen atoms in total. The third-order valence-corrected chi connectivity index (χ3v) is 3.87. The lowest BCUT2D eigenvalue weighted by Gasteiger charge is -2.30. The summed E-state index contributed by atoms with van der Waals surface area (Å²) in [5.74, 6) is -2.04. The summed E-state index contributed by atoms with van der Waals surface area (Å²) in [4.78, 5) is 23.4. The topological polar surface area (TPSA) is 87.1 Å². The van der Waals surface area contributed by atoms with E-state index in [1.165, 1.54) is 4.90 Å². The molecule has 0 heterocycles. The molecular formula is C16H21NO5. The summed E-state index contributed by atoms with van der Waals surface area (Å²) in [5, 5.41) is 18.0. The highest BCUT2D eigenvalue weighted by Gasteiger charge is 2.34. The molecule has 120 valence electrons. The van der Waals surface area contributed by atoms with Gasteiger partial charge < -0.3 is 14.9 Å². The van der Waals surface area contributed by atoms with Crippen molar-refractivity contribution in [1.82, 2.24) is 4.90 Å². The minimum atomic E-state index is -1.02. The number of carboxylic acid groups (broad SMARTS) is 2. The Labute approximate surface area is 129 Å². The molecule has 2 atom stereocenters. The maximum Gasteiger partial charge on any atom is 0.317 e. The van der Waals surface area contributed by atoms with Gasteiger partial charge in [-0.05, 0) is 24.8 Å². The van der Waals surface area contributed by atoms with Gasteiger partial charge in [0.05, 0.1) is 25.8 Å². The summed E-state index contributed by atoms with van der Waals surface area (Å²) in [6, 6.07) is 9.59. The Hall–Kier alpha value is -1.92. The molecule has 2 rings (SSSR count). The van der Waals surface area contributed by atoms with E-state index in [1.54, 1.807) is 0 Å². The van der Waals surface area contributed by atoms with Gasteiger partial charge in [-0.15, -0.1) is 0 Å². The van der Waals surface area contributed by atoms with E-state index >= 15 is 0 Å². The molecule has 1 saturated carbocycles. The van der Waals surface area contributed by atoms with E-state index in [-0.39, 0.29) is 25.2 Å². The lowest BCUT2D eigenvalue weighted by Crippen LogP contribution is -2.46. The second-order valence-electron chi connectivity index (χ2n) is 5.53. The lowest BCUT2D eigenvalue weighted by molar-refractivity contribution is -0.144. The van der Waals surface area contributed by atoms with E-state index in [9.17, 15) is 9.59 Å². The van der Waals surface area contributed by atoms with Crippen molar-refractivity contribution in [2.45, 2.75) is 38.0 Å². The predicted octanol–water partition coefficient (Wildman–Crippen LogP) is 1.60. The van der Waals surface area contributed by atoms with Crippen LogP contribution in [0.2, 0.25) is 0 Å². The molecule has 1 fully saturated rings. The van der Waals surface area contributed by atoms with Crippen LogP contribution in [0.3, 0.4) is 0 Å². The second kappa shape index (κ2) is 7.91. The zero-order chi connectivity index (χ0) is 15.9. The number of nitrogens with zero attached hydrogens (tertiary/aromatic N) is 1. The molecule has 1 aromatic carbocycles. The average molecular weight is 307 g/mol. The molecule has 0 bridgehead atoms. The van der Waals surface area contributed by atoms with Crippen LogP contribution in [0.15, 0.2) is 30.3 Å². The molecule has 6 heteroatoms. The third kappa shape index (κ3) is 4.82. The molecule has 2 N–H and O–H groups in total. The van der Waals surface area contributed by atoms with Gasteiger partial charge in [0.1, 0.15) is 0 Å². The highest BCUT2D eigenvalue weighted by atomic mass is 16.5. The van der Waals surface area contributed by atoms with Crippen molar-refractivity contribution >= 4 is 11.9 Å². The maximum atomic E-state index is 11.0. The van der Waals surface area contributed by atoms with Crippen LogP contribution in [0.5, 0.6) is 0 Å². The highest BCUT2D eigenvalue weighted by molar-refractivity contribution is 5.72. The zero-order valence-corrected chi connectivity index (χ0v) is 12.4. The normalized spacial score (nSPS) is 21.1. The number of carbonyl (C=O) groups is 2. The molecule has 0 aromatic heterocycles. The molecule has 1 aliphatic carbocycles. The van der Waals surface area contributed by atoms with Gasteiger partial charge in [-0.3, -0.25) is 14.5 Å². The van der Waals surface area contributed by atoms with Gasteiger partial charge in [-0.1, -0.05) is 30.3 Å². The summed E-state index contributed by atoms with van der Waals surface area (Å²) < 4.78 is 5.92. The van der Waals surface area contributed by atoms with Crippen LogP contribution in [0, 0.1) is 0 Å². The van der Waals surface area contributed by atoms with E-state index < -0.39 is 11.9 Å². The summed E-state index contributed by atoms with van der Waals surface area (Å²) >= 11 is 0. The van der Waals surface area contributed by atoms with Gasteiger partial charge in [-0.25, -0.2) is 0 Å². The van der Waals surface area contributed by atoms with Crippen molar-refractivity contribution in [3.05, 3.63) is 35.9 Å². The first-order valence-corrected chi connectivity index (χ1v) is 7.39. The SMILES string of the molecule is O=C(O)CN(CC(=O)O)[C@H]1CCC[C@@H]1OCc1ccccc1. The predicted molar refractivity (Wildman–Crippen MR) is 79.5 cm³/mol. The molecule has 0 amide bonds. The van der Waals surface area contributed by atoms with Crippen molar-refractivity contribution in [3.63, 3.8) is 0 Å². The van der Waals surface area contributed by atoms with Crippen LogP contribution in [0.25, 0.3) is 0 Å². The van der Waals surface area contributed by atoms with Crippen molar-refractivity contribution in [2.75, 3.05) is 13.1 Å². The fourth-order valence-corrected chi connectivity index (χ4v) is 2.93. The van der Waals surface area contributed by atoms with Gasteiger partial charge >= 0.3 is 11.9 Å². The molecule has 0 radical (unpaired) electrons. The fourth-order valence-electron chi connectivity index (χ4n) is 2.93. The molecular weight excluding hydrogens is 286 g/mol. The summed E-state index contributed by atoms with van der Waals surface area (Å²) in [6.45, 7) is -0.0969. The number of ether oxygens (including phenoxy) is 1. The maximum absolute atomic E-state index is 11.0.